The largest absolute Gasteiger partial charge is 0.490 e. The molecule has 3 aliphatic rings. The predicted molar refractivity (Wildman–Crippen MR) is 104 cm³/mol. The van der Waals surface area contributed by atoms with E-state index in [9.17, 15) is 13.2 Å². The molecular weight excluding hydrogens is 471 g/mol. The second kappa shape index (κ2) is 9.61. The highest BCUT2D eigenvalue weighted by Gasteiger charge is 2.38. The van der Waals surface area contributed by atoms with Gasteiger partial charge in [0.2, 0.25) is 0 Å². The van der Waals surface area contributed by atoms with Crippen LogP contribution in [0.2, 0.25) is 0 Å². The lowest BCUT2D eigenvalue weighted by molar-refractivity contribution is -0.192. The van der Waals surface area contributed by atoms with Gasteiger partial charge in [0.05, 0.1) is 4.47 Å². The van der Waals surface area contributed by atoms with Crippen LogP contribution in [0.3, 0.4) is 0 Å². The van der Waals surface area contributed by atoms with E-state index in [1.54, 1.807) is 12.4 Å². The van der Waals surface area contributed by atoms with Crippen molar-refractivity contribution in [3.63, 3.8) is 0 Å². The number of benzene rings is 1. The molecule has 1 atom stereocenters. The molecule has 2 bridgehead atoms. The number of aromatic nitrogens is 2. The number of alkyl halides is 3. The second-order valence-corrected chi connectivity index (χ2v) is 7.77. The molecule has 1 aromatic heterocycles. The SMILES string of the molecule is Brc1cnc(Oc2ccc(OC3CN4CCC3CC4)cc2)nc1.O=C(O)C(F)(F)F. The van der Waals surface area contributed by atoms with E-state index in [0.717, 1.165) is 16.8 Å². The molecule has 3 aliphatic heterocycles. The van der Waals surface area contributed by atoms with E-state index in [1.807, 2.05) is 24.3 Å². The third-order valence-electron chi connectivity index (χ3n) is 4.76. The highest BCUT2D eigenvalue weighted by Crippen LogP contribution is 2.31. The third kappa shape index (κ3) is 6.30. The molecule has 1 N–H and O–H groups in total. The van der Waals surface area contributed by atoms with Crippen LogP contribution in [-0.4, -0.2) is 57.9 Å². The minimum atomic E-state index is -5.08. The van der Waals surface area contributed by atoms with Gasteiger partial charge < -0.3 is 14.6 Å². The molecule has 5 rings (SSSR count). The Morgan fingerprint density at radius 3 is 2.10 bits per heavy atom. The van der Waals surface area contributed by atoms with Gasteiger partial charge >= 0.3 is 18.2 Å². The number of ether oxygens (including phenoxy) is 2. The van der Waals surface area contributed by atoms with E-state index in [0.29, 0.717) is 23.8 Å². The molecule has 0 aliphatic carbocycles. The second-order valence-electron chi connectivity index (χ2n) is 6.85. The lowest BCUT2D eigenvalue weighted by Crippen LogP contribution is -2.52. The van der Waals surface area contributed by atoms with Crippen LogP contribution >= 0.6 is 15.9 Å². The maximum Gasteiger partial charge on any atom is 0.490 e. The van der Waals surface area contributed by atoms with E-state index in [2.05, 4.69) is 30.8 Å². The first-order valence-electron chi connectivity index (χ1n) is 9.15. The zero-order valence-corrected chi connectivity index (χ0v) is 17.3. The Labute approximate surface area is 179 Å². The lowest BCUT2D eigenvalue weighted by atomic mass is 9.86. The lowest BCUT2D eigenvalue weighted by Gasteiger charge is -2.44. The minimum Gasteiger partial charge on any atom is -0.489 e. The first-order chi connectivity index (χ1) is 14.2. The summed E-state index contributed by atoms with van der Waals surface area (Å²) in [4.78, 5) is 19.6. The molecular formula is C19H19BrF3N3O4. The van der Waals surface area contributed by atoms with Gasteiger partial charge in [-0.3, -0.25) is 4.90 Å². The Kier molecular flexibility index (Phi) is 7.14. The maximum absolute atomic E-state index is 10.6. The van der Waals surface area contributed by atoms with Gasteiger partial charge in [-0.2, -0.15) is 13.2 Å². The summed E-state index contributed by atoms with van der Waals surface area (Å²) in [5.74, 6) is -0.457. The standard InChI is InChI=1S/C17H18BrN3O2.C2HF3O2/c18-13-9-19-17(20-10-13)23-15-3-1-14(2-4-15)22-16-11-21-7-5-12(16)6-8-21;3-2(4,5)1(6)7/h1-4,9-10,12,16H,5-8,11H2;(H,6,7). The van der Waals surface area contributed by atoms with Gasteiger partial charge in [-0.15, -0.1) is 0 Å². The van der Waals surface area contributed by atoms with Crippen molar-refractivity contribution in [1.82, 2.24) is 14.9 Å². The van der Waals surface area contributed by atoms with Gasteiger partial charge in [0.15, 0.2) is 0 Å². The summed E-state index contributed by atoms with van der Waals surface area (Å²) in [7, 11) is 0. The van der Waals surface area contributed by atoms with Crippen LogP contribution in [0.5, 0.6) is 17.5 Å². The number of hydrogen-bond acceptors (Lipinski definition) is 6. The van der Waals surface area contributed by atoms with Crippen molar-refractivity contribution >= 4 is 21.9 Å². The van der Waals surface area contributed by atoms with Gasteiger partial charge in [-0.25, -0.2) is 14.8 Å². The fourth-order valence-corrected chi connectivity index (χ4v) is 3.47. The van der Waals surface area contributed by atoms with Gasteiger partial charge in [-0.1, -0.05) is 0 Å². The molecule has 7 nitrogen and oxygen atoms in total. The highest BCUT2D eigenvalue weighted by molar-refractivity contribution is 9.10. The average Bonchev–Trinajstić information content (AvgIpc) is 2.72. The van der Waals surface area contributed by atoms with Crippen molar-refractivity contribution in [2.75, 3.05) is 19.6 Å². The molecule has 0 spiro atoms. The molecule has 1 unspecified atom stereocenters. The van der Waals surface area contributed by atoms with Crippen LogP contribution in [0.4, 0.5) is 13.2 Å². The average molecular weight is 490 g/mol. The number of piperidine rings is 3. The zero-order chi connectivity index (χ0) is 21.7. The van der Waals surface area contributed by atoms with E-state index in [4.69, 9.17) is 19.4 Å². The zero-order valence-electron chi connectivity index (χ0n) is 15.7. The molecule has 2 aromatic rings. The number of aliphatic carboxylic acids is 1. The van der Waals surface area contributed by atoms with Crippen molar-refractivity contribution in [3.8, 4) is 17.5 Å². The molecule has 0 saturated carbocycles. The molecule has 3 saturated heterocycles. The third-order valence-corrected chi connectivity index (χ3v) is 5.17. The molecule has 4 heterocycles. The summed E-state index contributed by atoms with van der Waals surface area (Å²) >= 11 is 3.30. The monoisotopic (exact) mass is 489 g/mol. The van der Waals surface area contributed by atoms with Crippen LogP contribution in [-0.2, 0) is 4.79 Å². The summed E-state index contributed by atoms with van der Waals surface area (Å²) in [6, 6.07) is 8.02. The summed E-state index contributed by atoms with van der Waals surface area (Å²) in [5, 5.41) is 7.12. The molecule has 3 fully saturated rings. The number of halogens is 4. The molecule has 0 amide bonds. The highest BCUT2D eigenvalue weighted by atomic mass is 79.9. The topological polar surface area (TPSA) is 84.8 Å². The smallest absolute Gasteiger partial charge is 0.489 e. The van der Waals surface area contributed by atoms with Gasteiger partial charge in [0, 0.05) is 18.9 Å². The number of nitrogens with zero attached hydrogens (tertiary/aromatic N) is 3. The summed E-state index contributed by atoms with van der Waals surface area (Å²) < 4.78 is 44.4. The first-order valence-corrected chi connectivity index (χ1v) is 9.94. The number of hydrogen-bond donors (Lipinski definition) is 1. The van der Waals surface area contributed by atoms with Crippen molar-refractivity contribution in [2.45, 2.75) is 25.1 Å². The number of carbonyl (C=O) groups is 1. The van der Waals surface area contributed by atoms with Gasteiger partial charge in [-0.05, 0) is 72.0 Å². The van der Waals surface area contributed by atoms with Crippen LogP contribution in [0.1, 0.15) is 12.8 Å². The Hall–Kier alpha value is -2.40. The molecule has 30 heavy (non-hydrogen) atoms. The fourth-order valence-electron chi connectivity index (χ4n) is 3.26. The van der Waals surface area contributed by atoms with E-state index < -0.39 is 12.1 Å². The van der Waals surface area contributed by atoms with Crippen LogP contribution in [0.15, 0.2) is 41.1 Å². The van der Waals surface area contributed by atoms with Gasteiger partial charge in [0.1, 0.15) is 17.6 Å². The molecule has 11 heteroatoms. The number of fused-ring (bicyclic) bond motifs is 3. The van der Waals surface area contributed by atoms with Gasteiger partial charge in [0.25, 0.3) is 0 Å². The molecule has 162 valence electrons. The van der Waals surface area contributed by atoms with E-state index >= 15 is 0 Å². The number of rotatable bonds is 4. The summed E-state index contributed by atoms with van der Waals surface area (Å²) in [5.41, 5.74) is 0. The Morgan fingerprint density at radius 1 is 1.10 bits per heavy atom. The van der Waals surface area contributed by atoms with Crippen molar-refractivity contribution in [1.29, 1.82) is 0 Å². The fraction of sp³-hybridized carbons (Fsp3) is 0.421. The Bertz CT molecular complexity index is 842. The van der Waals surface area contributed by atoms with E-state index in [1.165, 1.54) is 25.9 Å². The maximum atomic E-state index is 10.6. The summed E-state index contributed by atoms with van der Waals surface area (Å²) in [6.07, 6.45) is 1.07. The molecule has 0 radical (unpaired) electrons. The normalized spacial score (nSPS) is 22.6. The van der Waals surface area contributed by atoms with Crippen molar-refractivity contribution in [3.05, 3.63) is 41.1 Å². The minimum absolute atomic E-state index is 0.319. The predicted octanol–water partition coefficient (Wildman–Crippen LogP) is 4.14. The molecule has 1 aromatic carbocycles. The summed E-state index contributed by atoms with van der Waals surface area (Å²) in [6.45, 7) is 3.50. The first kappa shape index (κ1) is 22.3. The van der Waals surface area contributed by atoms with Crippen LogP contribution < -0.4 is 9.47 Å². The van der Waals surface area contributed by atoms with Crippen molar-refractivity contribution < 1.29 is 32.5 Å². The van der Waals surface area contributed by atoms with Crippen molar-refractivity contribution in [2.24, 2.45) is 5.92 Å². The Morgan fingerprint density at radius 2 is 1.63 bits per heavy atom. The van der Waals surface area contributed by atoms with Crippen LogP contribution in [0, 0.1) is 5.92 Å². The van der Waals surface area contributed by atoms with Crippen LogP contribution in [0.25, 0.3) is 0 Å². The quantitative estimate of drug-likeness (QED) is 0.690. The van der Waals surface area contributed by atoms with E-state index in [-0.39, 0.29) is 0 Å². The number of carboxylic acid groups (broad SMARTS) is 1. The Balaban J connectivity index is 0.000000318. The number of carboxylic acids is 1.